The molecule has 0 bridgehead atoms. The Morgan fingerprint density at radius 3 is 2.48 bits per heavy atom. The van der Waals surface area contributed by atoms with E-state index in [9.17, 15) is 9.90 Å². The highest BCUT2D eigenvalue weighted by atomic mass is 19.1. The molecule has 2 fully saturated rings. The first-order valence-corrected chi connectivity index (χ1v) is 17.0. The van der Waals surface area contributed by atoms with Gasteiger partial charge in [-0.25, -0.2) is 32.6 Å². The minimum Gasteiger partial charge on any atom is -0.478 e. The Kier molecular flexibility index (Phi) is 9.16. The van der Waals surface area contributed by atoms with Gasteiger partial charge in [-0.3, -0.25) is 0 Å². The van der Waals surface area contributed by atoms with Crippen molar-refractivity contribution in [2.45, 2.75) is 51.0 Å². The van der Waals surface area contributed by atoms with E-state index in [1.54, 1.807) is 35.0 Å². The van der Waals surface area contributed by atoms with Gasteiger partial charge in [-0.15, -0.1) is 5.10 Å². The molecule has 2 aliphatic heterocycles. The molecule has 2 saturated heterocycles. The molecule has 8 rings (SSSR count). The van der Waals surface area contributed by atoms with E-state index in [4.69, 9.17) is 14.2 Å². The zero-order valence-electron chi connectivity index (χ0n) is 27.8. The third-order valence-electron chi connectivity index (χ3n) is 9.54. The Labute approximate surface area is 295 Å². The van der Waals surface area contributed by atoms with Crippen LogP contribution in [0.2, 0.25) is 0 Å². The fourth-order valence-corrected chi connectivity index (χ4v) is 6.52. The lowest BCUT2D eigenvalue weighted by atomic mass is 10.0. The molecule has 0 saturated carbocycles. The molecule has 0 amide bonds. The van der Waals surface area contributed by atoms with Gasteiger partial charge in [-0.2, -0.15) is 0 Å². The third-order valence-corrected chi connectivity index (χ3v) is 9.54. The second kappa shape index (κ2) is 14.2. The maximum atomic E-state index is 15.6. The minimum absolute atomic E-state index is 0.0396. The zero-order valence-corrected chi connectivity index (χ0v) is 27.8. The van der Waals surface area contributed by atoms with E-state index < -0.39 is 23.4 Å². The van der Waals surface area contributed by atoms with Crippen LogP contribution in [0.15, 0.2) is 72.9 Å². The number of carboxylic acids is 1. The molecule has 0 spiro atoms. The van der Waals surface area contributed by atoms with Gasteiger partial charge in [0.15, 0.2) is 0 Å². The van der Waals surface area contributed by atoms with E-state index >= 15 is 13.2 Å². The van der Waals surface area contributed by atoms with Crippen molar-refractivity contribution in [2.24, 2.45) is 0 Å². The lowest BCUT2D eigenvalue weighted by Crippen LogP contribution is -2.31. The normalized spacial score (nSPS) is 16.2. The van der Waals surface area contributed by atoms with Gasteiger partial charge in [0.05, 0.1) is 47.2 Å². The number of hydrogen-bond acceptors (Lipinski definition) is 8. The number of rotatable bonds is 11. The van der Waals surface area contributed by atoms with E-state index in [1.165, 1.54) is 24.3 Å². The second-order valence-corrected chi connectivity index (χ2v) is 12.9. The van der Waals surface area contributed by atoms with Crippen LogP contribution < -0.4 is 4.74 Å². The van der Waals surface area contributed by atoms with E-state index in [1.807, 2.05) is 10.8 Å². The number of nitrogens with zero attached hydrogens (tertiary/aromatic N) is 6. The lowest BCUT2D eigenvalue weighted by molar-refractivity contribution is -0.0589. The SMILES string of the molecule is O=C(O)c1ccc2nc(Cc3cc(F)c(-c4cccc(OCc5ccc(-c6cn(C7CCOCC7)nn6)cc5F)n4)cc3F)n(CC3CCO3)c2c1. The summed E-state index contributed by atoms with van der Waals surface area (Å²) in [4.78, 5) is 20.6. The van der Waals surface area contributed by atoms with Crippen LogP contribution in [0.4, 0.5) is 13.2 Å². The van der Waals surface area contributed by atoms with Crippen LogP contribution >= 0.6 is 0 Å². The van der Waals surface area contributed by atoms with Gasteiger partial charge in [0.1, 0.15) is 35.6 Å². The number of benzene rings is 3. The van der Waals surface area contributed by atoms with E-state index in [0.717, 1.165) is 31.4 Å². The molecule has 11 nitrogen and oxygen atoms in total. The summed E-state index contributed by atoms with van der Waals surface area (Å²) in [6, 6.07) is 16.4. The van der Waals surface area contributed by atoms with Crippen LogP contribution in [-0.2, 0) is 29.0 Å². The average molecular weight is 711 g/mol. The summed E-state index contributed by atoms with van der Waals surface area (Å²) in [5.41, 5.74) is 2.78. The largest absolute Gasteiger partial charge is 0.478 e. The van der Waals surface area contributed by atoms with Crippen LogP contribution in [0.3, 0.4) is 0 Å². The van der Waals surface area contributed by atoms with Crippen LogP contribution in [0.25, 0.3) is 33.5 Å². The van der Waals surface area contributed by atoms with Gasteiger partial charge >= 0.3 is 5.97 Å². The quantitative estimate of drug-likeness (QED) is 0.155. The predicted molar refractivity (Wildman–Crippen MR) is 182 cm³/mol. The van der Waals surface area contributed by atoms with Gasteiger partial charge < -0.3 is 23.9 Å². The number of hydrogen-bond donors (Lipinski definition) is 1. The molecule has 2 aliphatic rings. The number of aromatic carboxylic acids is 1. The van der Waals surface area contributed by atoms with E-state index in [2.05, 4.69) is 20.3 Å². The standard InChI is InChI=1S/C38H33F3N6O5/c39-29-14-22(34-20-47(45-44-34)26-8-11-50-12-9-26)4-5-24(29)21-52-37-3-1-2-32(43-37)28-18-30(40)25(15-31(28)41)17-36-42-33-7-6-23(38(48)49)16-35(33)46(36)19-27-10-13-51-27/h1-7,14-16,18,20,26-27H,8-13,17,19,21H2,(H,48,49). The lowest BCUT2D eigenvalue weighted by Gasteiger charge is -2.27. The molecule has 3 aromatic carbocycles. The van der Waals surface area contributed by atoms with Crippen molar-refractivity contribution < 1.29 is 37.3 Å². The summed E-state index contributed by atoms with van der Waals surface area (Å²) in [7, 11) is 0. The number of carboxylic acid groups (broad SMARTS) is 1. The van der Waals surface area contributed by atoms with E-state index in [0.29, 0.717) is 54.5 Å². The topological polar surface area (TPSA) is 126 Å². The molecule has 6 aromatic rings. The molecule has 1 N–H and O–H groups in total. The van der Waals surface area contributed by atoms with Crippen LogP contribution in [0.5, 0.6) is 5.88 Å². The average Bonchev–Trinajstić information content (AvgIpc) is 3.76. The molecule has 5 heterocycles. The van der Waals surface area contributed by atoms with Crippen molar-refractivity contribution in [3.63, 3.8) is 0 Å². The summed E-state index contributed by atoms with van der Waals surface area (Å²) < 4.78 is 66.8. The Morgan fingerprint density at radius 1 is 0.885 bits per heavy atom. The van der Waals surface area contributed by atoms with E-state index in [-0.39, 0.29) is 59.0 Å². The second-order valence-electron chi connectivity index (χ2n) is 12.9. The molecule has 14 heteroatoms. The number of fused-ring (bicyclic) bond motifs is 1. The molecular weight excluding hydrogens is 677 g/mol. The minimum atomic E-state index is -1.08. The summed E-state index contributed by atoms with van der Waals surface area (Å²) in [6.45, 7) is 2.22. The van der Waals surface area contributed by atoms with Crippen LogP contribution in [0.1, 0.15) is 52.6 Å². The summed E-state index contributed by atoms with van der Waals surface area (Å²) in [5, 5.41) is 18.0. The summed E-state index contributed by atoms with van der Waals surface area (Å²) in [5.74, 6) is -2.37. The molecule has 0 radical (unpaired) electrons. The fraction of sp³-hybridized carbons (Fsp3) is 0.289. The highest BCUT2D eigenvalue weighted by molar-refractivity contribution is 5.92. The van der Waals surface area contributed by atoms with Crippen molar-refractivity contribution in [3.8, 4) is 28.4 Å². The Balaban J connectivity index is 0.976. The van der Waals surface area contributed by atoms with Crippen molar-refractivity contribution in [1.82, 2.24) is 29.5 Å². The highest BCUT2D eigenvalue weighted by Gasteiger charge is 2.24. The monoisotopic (exact) mass is 710 g/mol. The van der Waals surface area contributed by atoms with Gasteiger partial charge in [-0.1, -0.05) is 23.4 Å². The molecule has 266 valence electrons. The maximum Gasteiger partial charge on any atom is 0.335 e. The Hall–Kier alpha value is -5.60. The molecule has 52 heavy (non-hydrogen) atoms. The first-order valence-electron chi connectivity index (χ1n) is 17.0. The van der Waals surface area contributed by atoms with Crippen molar-refractivity contribution in [1.29, 1.82) is 0 Å². The summed E-state index contributed by atoms with van der Waals surface area (Å²) >= 11 is 0. The Bertz CT molecular complexity index is 2280. The first-order chi connectivity index (χ1) is 25.3. The van der Waals surface area contributed by atoms with Gasteiger partial charge in [0, 0.05) is 49.0 Å². The van der Waals surface area contributed by atoms with Crippen LogP contribution in [-0.4, -0.2) is 66.5 Å². The van der Waals surface area contributed by atoms with Gasteiger partial charge in [0.2, 0.25) is 5.88 Å². The fourth-order valence-electron chi connectivity index (χ4n) is 6.52. The smallest absolute Gasteiger partial charge is 0.335 e. The number of carbonyl (C=O) groups is 1. The van der Waals surface area contributed by atoms with Gasteiger partial charge in [-0.05, 0) is 67.3 Å². The number of ether oxygens (including phenoxy) is 3. The molecule has 3 aromatic heterocycles. The first kappa shape index (κ1) is 33.5. The highest BCUT2D eigenvalue weighted by Crippen LogP contribution is 2.30. The number of imidazole rings is 1. The molecule has 0 aliphatic carbocycles. The predicted octanol–water partition coefficient (Wildman–Crippen LogP) is 6.78. The zero-order chi connectivity index (χ0) is 35.8. The number of halogens is 3. The van der Waals surface area contributed by atoms with Crippen LogP contribution in [0, 0.1) is 17.5 Å². The third kappa shape index (κ3) is 6.86. The number of aromatic nitrogens is 6. The Morgan fingerprint density at radius 2 is 1.71 bits per heavy atom. The molecule has 1 unspecified atom stereocenters. The van der Waals surface area contributed by atoms with Crippen molar-refractivity contribution in [2.75, 3.05) is 19.8 Å². The van der Waals surface area contributed by atoms with Crippen molar-refractivity contribution >= 4 is 17.0 Å². The summed E-state index contributed by atoms with van der Waals surface area (Å²) in [6.07, 6.45) is 4.20. The molecule has 1 atom stereocenters. The molecular formula is C38H33F3N6O5. The maximum absolute atomic E-state index is 15.6. The number of pyridine rings is 1. The van der Waals surface area contributed by atoms with Gasteiger partial charge in [0.25, 0.3) is 0 Å². The van der Waals surface area contributed by atoms with Crippen molar-refractivity contribution in [3.05, 3.63) is 113 Å².